The van der Waals surface area contributed by atoms with Crippen molar-refractivity contribution in [1.29, 1.82) is 0 Å². The van der Waals surface area contributed by atoms with Gasteiger partial charge >= 0.3 is 0 Å². The minimum Gasteiger partial charge on any atom is -0.376 e. The van der Waals surface area contributed by atoms with Crippen molar-refractivity contribution in [2.45, 2.75) is 31.9 Å². The van der Waals surface area contributed by atoms with E-state index in [0.29, 0.717) is 12.0 Å². The van der Waals surface area contributed by atoms with Crippen LogP contribution in [0.25, 0.3) is 0 Å². The summed E-state index contributed by atoms with van der Waals surface area (Å²) in [7, 11) is 1.56. The number of nitrogens with one attached hydrogen (secondary N) is 1. The summed E-state index contributed by atoms with van der Waals surface area (Å²) in [5, 5.41) is 0. The highest BCUT2D eigenvalue weighted by atomic mass is 19.2. The van der Waals surface area contributed by atoms with Gasteiger partial charge in [0, 0.05) is 7.11 Å². The van der Waals surface area contributed by atoms with Gasteiger partial charge in [-0.05, 0) is 31.0 Å². The monoisotopic (exact) mass is 244 g/mol. The molecule has 0 saturated carbocycles. The molecule has 0 aliphatic carbocycles. The second-order valence-electron chi connectivity index (χ2n) is 4.14. The van der Waals surface area contributed by atoms with Crippen LogP contribution in [0.3, 0.4) is 0 Å². The van der Waals surface area contributed by atoms with Gasteiger partial charge in [-0.2, -0.15) is 0 Å². The van der Waals surface area contributed by atoms with Crippen LogP contribution >= 0.6 is 0 Å². The zero-order valence-corrected chi connectivity index (χ0v) is 10.3. The second kappa shape index (κ2) is 5.53. The predicted molar refractivity (Wildman–Crippen MR) is 62.1 cm³/mol. The maximum absolute atomic E-state index is 13.2. The van der Waals surface area contributed by atoms with E-state index < -0.39 is 23.3 Å². The van der Waals surface area contributed by atoms with Crippen molar-refractivity contribution in [3.8, 4) is 0 Å². The minimum atomic E-state index is -0.891. The van der Waals surface area contributed by atoms with E-state index in [1.807, 2.05) is 13.8 Å². The molecule has 0 spiro atoms. The van der Waals surface area contributed by atoms with Crippen LogP contribution < -0.4 is 11.3 Å². The van der Waals surface area contributed by atoms with Gasteiger partial charge in [-0.25, -0.2) is 8.78 Å². The Bertz CT molecular complexity index is 381. The smallest absolute Gasteiger partial charge is 0.159 e. The lowest BCUT2D eigenvalue weighted by Gasteiger charge is -2.35. The van der Waals surface area contributed by atoms with E-state index in [9.17, 15) is 8.78 Å². The van der Waals surface area contributed by atoms with Crippen molar-refractivity contribution < 1.29 is 13.5 Å². The molecule has 0 aliphatic heterocycles. The lowest BCUT2D eigenvalue weighted by molar-refractivity contribution is -0.0301. The molecule has 0 radical (unpaired) electrons. The molecule has 0 aliphatic rings. The van der Waals surface area contributed by atoms with Crippen LogP contribution in [0, 0.1) is 11.6 Å². The van der Waals surface area contributed by atoms with E-state index in [4.69, 9.17) is 10.6 Å². The van der Waals surface area contributed by atoms with E-state index in [0.717, 1.165) is 12.1 Å². The lowest BCUT2D eigenvalue weighted by Crippen LogP contribution is -2.45. The number of hydrazine groups is 1. The number of benzene rings is 1. The fraction of sp³-hybridized carbons (Fsp3) is 0.500. The molecule has 0 fully saturated rings. The fourth-order valence-corrected chi connectivity index (χ4v) is 1.78. The van der Waals surface area contributed by atoms with E-state index in [-0.39, 0.29) is 0 Å². The van der Waals surface area contributed by atoms with Crippen LogP contribution in [0.15, 0.2) is 18.2 Å². The number of hydrogen-bond donors (Lipinski definition) is 2. The van der Waals surface area contributed by atoms with Crippen LogP contribution in [0.2, 0.25) is 0 Å². The summed E-state index contributed by atoms with van der Waals surface area (Å²) in [5.41, 5.74) is 2.56. The summed E-state index contributed by atoms with van der Waals surface area (Å²) in [6, 6.07) is 3.30. The first kappa shape index (κ1) is 14.0. The van der Waals surface area contributed by atoms with E-state index in [1.54, 1.807) is 7.11 Å². The maximum Gasteiger partial charge on any atom is 0.159 e. The van der Waals surface area contributed by atoms with Gasteiger partial charge in [-0.3, -0.25) is 11.3 Å². The Balaban J connectivity index is 3.13. The third-order valence-corrected chi connectivity index (χ3v) is 3.22. The number of ether oxygens (including phenoxy) is 1. The van der Waals surface area contributed by atoms with Crippen molar-refractivity contribution in [2.24, 2.45) is 5.84 Å². The Morgan fingerprint density at radius 1 is 1.41 bits per heavy atom. The van der Waals surface area contributed by atoms with Crippen LogP contribution in [0.5, 0.6) is 0 Å². The topological polar surface area (TPSA) is 47.3 Å². The van der Waals surface area contributed by atoms with Gasteiger partial charge in [0.2, 0.25) is 0 Å². The molecule has 0 heterocycles. The third-order valence-electron chi connectivity index (χ3n) is 3.22. The summed E-state index contributed by atoms with van der Waals surface area (Å²) < 4.78 is 31.5. The molecular formula is C12H18F2N2O. The van der Waals surface area contributed by atoms with Gasteiger partial charge in [0.25, 0.3) is 0 Å². The summed E-state index contributed by atoms with van der Waals surface area (Å²) in [4.78, 5) is 0. The van der Waals surface area contributed by atoms with Gasteiger partial charge in [0.15, 0.2) is 11.6 Å². The molecule has 5 heteroatoms. The van der Waals surface area contributed by atoms with Crippen molar-refractivity contribution in [3.63, 3.8) is 0 Å². The standard InChI is InChI=1S/C12H18F2N2O/c1-4-12(2,17-3)11(16-15)8-5-6-9(13)10(14)7-8/h5-7,11,16H,4,15H2,1-3H3. The molecular weight excluding hydrogens is 226 g/mol. The molecule has 1 rings (SSSR count). The summed E-state index contributed by atoms with van der Waals surface area (Å²) >= 11 is 0. The minimum absolute atomic E-state index is 0.410. The number of hydrogen-bond acceptors (Lipinski definition) is 3. The summed E-state index contributed by atoms with van der Waals surface area (Å²) in [6.45, 7) is 3.80. The Kier molecular flexibility index (Phi) is 4.56. The molecule has 1 aromatic rings. The molecule has 3 nitrogen and oxygen atoms in total. The Morgan fingerprint density at radius 3 is 2.47 bits per heavy atom. The Morgan fingerprint density at radius 2 is 2.06 bits per heavy atom. The van der Waals surface area contributed by atoms with Crippen LogP contribution in [-0.2, 0) is 4.74 Å². The normalized spacial score (nSPS) is 16.6. The van der Waals surface area contributed by atoms with Gasteiger partial charge in [-0.15, -0.1) is 0 Å². The van der Waals surface area contributed by atoms with Crippen molar-refractivity contribution in [2.75, 3.05) is 7.11 Å². The first-order chi connectivity index (χ1) is 7.98. The summed E-state index contributed by atoms with van der Waals surface area (Å²) in [5.74, 6) is 3.72. The highest BCUT2D eigenvalue weighted by Gasteiger charge is 2.33. The lowest BCUT2D eigenvalue weighted by atomic mass is 9.88. The molecule has 0 aromatic heterocycles. The van der Waals surface area contributed by atoms with Crippen LogP contribution in [-0.4, -0.2) is 12.7 Å². The average Bonchev–Trinajstić information content (AvgIpc) is 2.34. The molecule has 96 valence electrons. The molecule has 0 bridgehead atoms. The molecule has 0 saturated heterocycles. The Hall–Kier alpha value is -1.04. The summed E-state index contributed by atoms with van der Waals surface area (Å²) in [6.07, 6.45) is 0.678. The number of halogens is 2. The van der Waals surface area contributed by atoms with Crippen LogP contribution in [0.1, 0.15) is 31.9 Å². The van der Waals surface area contributed by atoms with Gasteiger partial charge in [0.05, 0.1) is 11.6 Å². The predicted octanol–water partition coefficient (Wildman–Crippen LogP) is 2.28. The average molecular weight is 244 g/mol. The van der Waals surface area contributed by atoms with Gasteiger partial charge in [0.1, 0.15) is 0 Å². The van der Waals surface area contributed by atoms with Crippen molar-refractivity contribution in [1.82, 2.24) is 5.43 Å². The van der Waals surface area contributed by atoms with E-state index in [2.05, 4.69) is 5.43 Å². The molecule has 3 N–H and O–H groups in total. The van der Waals surface area contributed by atoms with Crippen molar-refractivity contribution in [3.05, 3.63) is 35.4 Å². The molecule has 1 aromatic carbocycles. The van der Waals surface area contributed by atoms with E-state index >= 15 is 0 Å². The molecule has 17 heavy (non-hydrogen) atoms. The maximum atomic E-state index is 13.2. The number of rotatable bonds is 5. The van der Waals surface area contributed by atoms with Gasteiger partial charge in [-0.1, -0.05) is 13.0 Å². The molecule has 0 amide bonds. The third kappa shape index (κ3) is 2.80. The first-order valence-corrected chi connectivity index (χ1v) is 5.44. The zero-order valence-electron chi connectivity index (χ0n) is 10.3. The Labute approximate surface area is 99.9 Å². The largest absolute Gasteiger partial charge is 0.376 e. The zero-order chi connectivity index (χ0) is 13.1. The van der Waals surface area contributed by atoms with Crippen LogP contribution in [0.4, 0.5) is 8.78 Å². The highest BCUT2D eigenvalue weighted by molar-refractivity contribution is 5.23. The first-order valence-electron chi connectivity index (χ1n) is 5.44. The SMILES string of the molecule is CCC(C)(OC)C(NN)c1ccc(F)c(F)c1. The number of nitrogens with two attached hydrogens (primary N) is 1. The second-order valence-corrected chi connectivity index (χ2v) is 4.14. The molecule has 2 atom stereocenters. The van der Waals surface area contributed by atoms with E-state index in [1.165, 1.54) is 6.07 Å². The number of methoxy groups -OCH3 is 1. The molecule has 2 unspecified atom stereocenters. The quantitative estimate of drug-likeness (QED) is 0.617. The van der Waals surface area contributed by atoms with Gasteiger partial charge < -0.3 is 4.74 Å². The van der Waals surface area contributed by atoms with Crippen molar-refractivity contribution >= 4 is 0 Å². The highest BCUT2D eigenvalue weighted by Crippen LogP contribution is 2.31. The fourth-order valence-electron chi connectivity index (χ4n) is 1.78.